The van der Waals surface area contributed by atoms with Crippen LogP contribution in [-0.4, -0.2) is 0 Å². The highest BCUT2D eigenvalue weighted by molar-refractivity contribution is 6.22. The van der Waals surface area contributed by atoms with E-state index in [1.54, 1.807) is 0 Å². The van der Waals surface area contributed by atoms with Crippen molar-refractivity contribution in [2.24, 2.45) is 0 Å². The van der Waals surface area contributed by atoms with Gasteiger partial charge in [-0.25, -0.2) is 0 Å². The quantitative estimate of drug-likeness (QED) is 0.207. The maximum absolute atomic E-state index is 9.29. The van der Waals surface area contributed by atoms with Gasteiger partial charge < -0.3 is 0 Å². The van der Waals surface area contributed by atoms with Crippen LogP contribution in [0.2, 0.25) is 0 Å². The summed E-state index contributed by atoms with van der Waals surface area (Å²) < 4.78 is 35.8. The Hall–Kier alpha value is -5.20. The van der Waals surface area contributed by atoms with Gasteiger partial charge in [-0.2, -0.15) is 0 Å². The van der Waals surface area contributed by atoms with Crippen LogP contribution in [-0.2, 0) is 0 Å². The SMILES string of the molecule is [2H]c1c([2H])c([2H])c(-c2c3ccccc3c(-c3ccc4ccccc4c3)c3ccccc23)c(-c2ccc3ccccc3c2)c1[2H]. The molecule has 0 nitrogen and oxygen atoms in total. The Kier molecular flexibility index (Phi) is 4.37. The van der Waals surface area contributed by atoms with E-state index in [0.29, 0.717) is 11.1 Å². The van der Waals surface area contributed by atoms with E-state index in [9.17, 15) is 1.37 Å². The van der Waals surface area contributed by atoms with Gasteiger partial charge in [0.2, 0.25) is 0 Å². The van der Waals surface area contributed by atoms with E-state index < -0.39 is 0 Å². The molecular formula is C40H26. The Morgan fingerprint density at radius 3 is 1.35 bits per heavy atom. The van der Waals surface area contributed by atoms with Crippen molar-refractivity contribution in [3.05, 3.63) is 158 Å². The molecule has 0 amide bonds. The largest absolute Gasteiger partial charge is 0.0629 e. The van der Waals surface area contributed by atoms with Crippen LogP contribution in [0, 0.1) is 0 Å². The Morgan fingerprint density at radius 1 is 0.350 bits per heavy atom. The lowest BCUT2D eigenvalue weighted by atomic mass is 9.83. The molecule has 186 valence electrons. The van der Waals surface area contributed by atoms with Gasteiger partial charge in [0.15, 0.2) is 0 Å². The lowest BCUT2D eigenvalue weighted by molar-refractivity contribution is 1.62. The Bertz CT molecular complexity index is 2380. The highest BCUT2D eigenvalue weighted by atomic mass is 14.2. The first-order valence-corrected chi connectivity index (χ1v) is 13.5. The minimum Gasteiger partial charge on any atom is -0.0616 e. The highest BCUT2D eigenvalue weighted by Crippen LogP contribution is 2.46. The number of benzene rings is 8. The summed E-state index contributed by atoms with van der Waals surface area (Å²) in [6.07, 6.45) is 0. The second-order valence-electron chi connectivity index (χ2n) is 10.2. The summed E-state index contributed by atoms with van der Waals surface area (Å²) in [6.45, 7) is 0. The second kappa shape index (κ2) is 9.22. The molecule has 0 N–H and O–H groups in total. The van der Waals surface area contributed by atoms with E-state index in [0.717, 1.165) is 60.0 Å². The molecule has 0 radical (unpaired) electrons. The molecule has 8 aromatic rings. The van der Waals surface area contributed by atoms with E-state index in [2.05, 4.69) is 66.7 Å². The molecule has 0 atom stereocenters. The molecule has 8 aromatic carbocycles. The normalized spacial score (nSPS) is 12.9. The molecule has 0 unspecified atom stereocenters. The van der Waals surface area contributed by atoms with Crippen molar-refractivity contribution in [2.75, 3.05) is 0 Å². The minimum atomic E-state index is -0.235. The van der Waals surface area contributed by atoms with Crippen LogP contribution in [0.15, 0.2) is 158 Å². The fraction of sp³-hybridized carbons (Fsp3) is 0. The van der Waals surface area contributed by atoms with Gasteiger partial charge in [-0.15, -0.1) is 0 Å². The summed E-state index contributed by atoms with van der Waals surface area (Å²) in [6, 6.07) is 45.0. The lowest BCUT2D eigenvalue weighted by Crippen LogP contribution is -1.92. The zero-order valence-corrected chi connectivity index (χ0v) is 21.7. The van der Waals surface area contributed by atoms with E-state index in [4.69, 9.17) is 4.11 Å². The molecular weight excluding hydrogens is 480 g/mol. The standard InChI is InChI=1S/C40H26/c1-3-13-29-25-31(23-21-27(29)11-1)33-15-5-6-16-34(33)40-37-19-9-7-17-35(37)39(36-18-8-10-20-38(36)40)32-24-22-28-12-2-4-14-30(28)26-32/h1-26H/i5D,6D,15D,16D. The molecule has 0 aliphatic heterocycles. The van der Waals surface area contributed by atoms with Crippen molar-refractivity contribution in [3.63, 3.8) is 0 Å². The average Bonchev–Trinajstić information content (AvgIpc) is 3.07. The number of rotatable bonds is 3. The Balaban J connectivity index is 1.53. The van der Waals surface area contributed by atoms with Crippen LogP contribution >= 0.6 is 0 Å². The van der Waals surface area contributed by atoms with Crippen molar-refractivity contribution in [1.82, 2.24) is 0 Å². The molecule has 0 heteroatoms. The third kappa shape index (κ3) is 3.61. The minimum absolute atomic E-state index is 0.0388. The van der Waals surface area contributed by atoms with Crippen LogP contribution < -0.4 is 0 Å². The summed E-state index contributed by atoms with van der Waals surface area (Å²) in [5.74, 6) is 0. The number of hydrogen-bond donors (Lipinski definition) is 0. The maximum Gasteiger partial charge on any atom is 0.0629 e. The van der Waals surface area contributed by atoms with Gasteiger partial charge in [0.1, 0.15) is 0 Å². The van der Waals surface area contributed by atoms with Crippen LogP contribution in [0.3, 0.4) is 0 Å². The molecule has 0 saturated heterocycles. The van der Waals surface area contributed by atoms with Gasteiger partial charge in [-0.05, 0) is 88.6 Å². The first kappa shape index (κ1) is 19.0. The monoisotopic (exact) mass is 510 g/mol. The fourth-order valence-electron chi connectivity index (χ4n) is 6.11. The van der Waals surface area contributed by atoms with Crippen LogP contribution in [0.5, 0.6) is 0 Å². The van der Waals surface area contributed by atoms with Crippen molar-refractivity contribution in [3.8, 4) is 33.4 Å². The first-order valence-electron chi connectivity index (χ1n) is 15.5. The molecule has 0 aliphatic rings. The summed E-state index contributed by atoms with van der Waals surface area (Å²) >= 11 is 0. The van der Waals surface area contributed by atoms with Gasteiger partial charge >= 0.3 is 0 Å². The fourth-order valence-corrected chi connectivity index (χ4v) is 6.11. The molecule has 0 saturated carbocycles. The Labute approximate surface area is 239 Å². The van der Waals surface area contributed by atoms with Crippen molar-refractivity contribution >= 4 is 43.1 Å². The van der Waals surface area contributed by atoms with Crippen molar-refractivity contribution in [2.45, 2.75) is 0 Å². The van der Waals surface area contributed by atoms with E-state index in [-0.39, 0.29) is 24.2 Å². The number of fused-ring (bicyclic) bond motifs is 4. The van der Waals surface area contributed by atoms with E-state index in [1.807, 2.05) is 66.7 Å². The maximum atomic E-state index is 9.29. The molecule has 0 heterocycles. The summed E-state index contributed by atoms with van der Waals surface area (Å²) in [5, 5.41) is 8.41. The molecule has 0 aromatic heterocycles. The average molecular weight is 511 g/mol. The second-order valence-corrected chi connectivity index (χ2v) is 10.2. The molecule has 40 heavy (non-hydrogen) atoms. The summed E-state index contributed by atoms with van der Waals surface area (Å²) in [7, 11) is 0. The van der Waals surface area contributed by atoms with Crippen molar-refractivity contribution < 1.29 is 5.48 Å². The van der Waals surface area contributed by atoms with Crippen LogP contribution in [0.1, 0.15) is 5.48 Å². The van der Waals surface area contributed by atoms with E-state index >= 15 is 0 Å². The first-order chi connectivity index (χ1) is 21.5. The highest BCUT2D eigenvalue weighted by Gasteiger charge is 2.18. The van der Waals surface area contributed by atoms with Crippen LogP contribution in [0.4, 0.5) is 0 Å². The lowest BCUT2D eigenvalue weighted by Gasteiger charge is -2.20. The van der Waals surface area contributed by atoms with Crippen molar-refractivity contribution in [1.29, 1.82) is 0 Å². The topological polar surface area (TPSA) is 0 Å². The van der Waals surface area contributed by atoms with Gasteiger partial charge in [-0.1, -0.05) is 145 Å². The number of hydrogen-bond acceptors (Lipinski definition) is 0. The van der Waals surface area contributed by atoms with Gasteiger partial charge in [-0.3, -0.25) is 0 Å². The van der Waals surface area contributed by atoms with Gasteiger partial charge in [0.25, 0.3) is 0 Å². The molecule has 0 fully saturated rings. The molecule has 0 bridgehead atoms. The summed E-state index contributed by atoms with van der Waals surface area (Å²) in [4.78, 5) is 0. The Morgan fingerprint density at radius 2 is 0.775 bits per heavy atom. The molecule has 8 rings (SSSR count). The zero-order chi connectivity index (χ0) is 29.9. The predicted molar refractivity (Wildman–Crippen MR) is 173 cm³/mol. The predicted octanol–water partition coefficient (Wildman–Crippen LogP) is 11.3. The van der Waals surface area contributed by atoms with Crippen LogP contribution in [0.25, 0.3) is 76.5 Å². The molecule has 0 spiro atoms. The third-order valence-corrected chi connectivity index (χ3v) is 7.95. The third-order valence-electron chi connectivity index (χ3n) is 7.95. The smallest absolute Gasteiger partial charge is 0.0616 e. The van der Waals surface area contributed by atoms with Gasteiger partial charge in [0, 0.05) is 0 Å². The zero-order valence-electron chi connectivity index (χ0n) is 25.7. The molecule has 0 aliphatic carbocycles. The van der Waals surface area contributed by atoms with Gasteiger partial charge in [0.05, 0.1) is 5.48 Å². The summed E-state index contributed by atoms with van der Waals surface area (Å²) in [5.41, 5.74) is 4.82. The van der Waals surface area contributed by atoms with E-state index in [1.165, 1.54) is 5.39 Å².